The van der Waals surface area contributed by atoms with Crippen LogP contribution in [0, 0.1) is 0 Å². The Bertz CT molecular complexity index is 1170. The number of carbonyl (C=O) groups excluding carboxylic acids is 1. The van der Waals surface area contributed by atoms with E-state index >= 15 is 0 Å². The zero-order valence-corrected chi connectivity index (χ0v) is 18.9. The Hall–Kier alpha value is -2.91. The van der Waals surface area contributed by atoms with Crippen LogP contribution in [0.1, 0.15) is 31.2 Å². The van der Waals surface area contributed by atoms with Crippen molar-refractivity contribution < 1.29 is 13.2 Å². The minimum absolute atomic E-state index is 0.0331. The molecule has 0 saturated heterocycles. The Labute approximate surface area is 183 Å². The number of nitrogens with two attached hydrogens (primary N) is 1. The van der Waals surface area contributed by atoms with Gasteiger partial charge in [-0.2, -0.15) is 0 Å². The van der Waals surface area contributed by atoms with Gasteiger partial charge in [0.05, 0.1) is 15.9 Å². The standard InChI is InChI=1S/C22H29N5O3S/c1-4-13-27-20-10-9-18(31(23,29)30)14-19(20)25-21(27)11-12-22(28)24-15-16-5-7-17(8-6-16)26(2)3/h5-10,14H,4,11-13,15H2,1-3H3,(H,24,28)(H2,23,29,30). The molecule has 0 atom stereocenters. The number of anilines is 1. The van der Waals surface area contributed by atoms with Crippen LogP contribution in [-0.2, 0) is 34.3 Å². The Morgan fingerprint density at radius 2 is 1.87 bits per heavy atom. The first kappa shape index (κ1) is 22.8. The molecule has 31 heavy (non-hydrogen) atoms. The van der Waals surface area contributed by atoms with Crippen LogP contribution in [0.25, 0.3) is 11.0 Å². The van der Waals surface area contributed by atoms with E-state index in [4.69, 9.17) is 5.14 Å². The van der Waals surface area contributed by atoms with E-state index < -0.39 is 10.0 Å². The number of hydrogen-bond acceptors (Lipinski definition) is 5. The summed E-state index contributed by atoms with van der Waals surface area (Å²) in [5, 5.41) is 8.18. The maximum absolute atomic E-state index is 12.4. The van der Waals surface area contributed by atoms with Crippen molar-refractivity contribution in [3.05, 3.63) is 53.9 Å². The number of aryl methyl sites for hydroxylation is 2. The molecule has 1 amide bonds. The quantitative estimate of drug-likeness (QED) is 0.528. The number of fused-ring (bicyclic) bond motifs is 1. The van der Waals surface area contributed by atoms with E-state index in [2.05, 4.69) is 17.2 Å². The molecule has 0 bridgehead atoms. The molecule has 0 radical (unpaired) electrons. The molecule has 0 aliphatic rings. The van der Waals surface area contributed by atoms with Crippen LogP contribution in [0.5, 0.6) is 0 Å². The van der Waals surface area contributed by atoms with E-state index in [-0.39, 0.29) is 10.8 Å². The van der Waals surface area contributed by atoms with Crippen molar-refractivity contribution in [3.8, 4) is 0 Å². The number of sulfonamides is 1. The smallest absolute Gasteiger partial charge is 0.238 e. The Morgan fingerprint density at radius 1 is 1.16 bits per heavy atom. The van der Waals surface area contributed by atoms with Crippen LogP contribution in [0.4, 0.5) is 5.69 Å². The number of hydrogen-bond donors (Lipinski definition) is 2. The van der Waals surface area contributed by atoms with Crippen molar-refractivity contribution in [3.63, 3.8) is 0 Å². The molecule has 1 aromatic heterocycles. The van der Waals surface area contributed by atoms with Crippen molar-refractivity contribution in [2.45, 2.75) is 44.2 Å². The third-order valence-electron chi connectivity index (χ3n) is 5.09. The summed E-state index contributed by atoms with van der Waals surface area (Å²) in [6, 6.07) is 12.7. The first-order valence-electron chi connectivity index (χ1n) is 10.2. The maximum Gasteiger partial charge on any atom is 0.238 e. The lowest BCUT2D eigenvalue weighted by atomic mass is 10.2. The van der Waals surface area contributed by atoms with Crippen molar-refractivity contribution in [2.24, 2.45) is 5.14 Å². The monoisotopic (exact) mass is 443 g/mol. The van der Waals surface area contributed by atoms with Gasteiger partial charge in [-0.3, -0.25) is 4.79 Å². The summed E-state index contributed by atoms with van der Waals surface area (Å²) >= 11 is 0. The molecule has 1 heterocycles. The van der Waals surface area contributed by atoms with Gasteiger partial charge in [0.25, 0.3) is 0 Å². The van der Waals surface area contributed by atoms with Gasteiger partial charge in [-0.15, -0.1) is 0 Å². The summed E-state index contributed by atoms with van der Waals surface area (Å²) in [7, 11) is 0.176. The highest BCUT2D eigenvalue weighted by molar-refractivity contribution is 7.89. The molecule has 3 rings (SSSR count). The predicted octanol–water partition coefficient (Wildman–Crippen LogP) is 2.41. The van der Waals surface area contributed by atoms with Gasteiger partial charge in [0.1, 0.15) is 5.82 Å². The maximum atomic E-state index is 12.4. The van der Waals surface area contributed by atoms with Crippen LogP contribution >= 0.6 is 0 Å². The van der Waals surface area contributed by atoms with Gasteiger partial charge in [0.2, 0.25) is 15.9 Å². The molecule has 0 saturated carbocycles. The van der Waals surface area contributed by atoms with Gasteiger partial charge < -0.3 is 14.8 Å². The second-order valence-electron chi connectivity index (χ2n) is 7.71. The fourth-order valence-electron chi connectivity index (χ4n) is 3.43. The topological polar surface area (TPSA) is 110 Å². The molecule has 2 aromatic carbocycles. The molecule has 0 fully saturated rings. The summed E-state index contributed by atoms with van der Waals surface area (Å²) in [6.45, 7) is 3.26. The average Bonchev–Trinajstić information content (AvgIpc) is 3.07. The lowest BCUT2D eigenvalue weighted by molar-refractivity contribution is -0.121. The highest BCUT2D eigenvalue weighted by Gasteiger charge is 2.15. The third kappa shape index (κ3) is 5.62. The summed E-state index contributed by atoms with van der Waals surface area (Å²) < 4.78 is 25.3. The highest BCUT2D eigenvalue weighted by Crippen LogP contribution is 2.21. The van der Waals surface area contributed by atoms with Crippen molar-refractivity contribution in [2.75, 3.05) is 19.0 Å². The molecule has 0 aliphatic carbocycles. The van der Waals surface area contributed by atoms with E-state index in [1.54, 1.807) is 6.07 Å². The Balaban J connectivity index is 1.67. The molecular weight excluding hydrogens is 414 g/mol. The summed E-state index contributed by atoms with van der Waals surface area (Å²) in [6.07, 6.45) is 1.65. The number of rotatable bonds is 9. The number of carbonyl (C=O) groups is 1. The van der Waals surface area contributed by atoms with Crippen LogP contribution in [0.15, 0.2) is 47.4 Å². The second kappa shape index (κ2) is 9.49. The van der Waals surface area contributed by atoms with Crippen LogP contribution in [-0.4, -0.2) is 38.0 Å². The average molecular weight is 444 g/mol. The Morgan fingerprint density at radius 3 is 2.48 bits per heavy atom. The van der Waals surface area contributed by atoms with E-state index in [1.165, 1.54) is 12.1 Å². The molecule has 166 valence electrons. The van der Waals surface area contributed by atoms with Crippen LogP contribution in [0.3, 0.4) is 0 Å². The molecule has 9 heteroatoms. The SMILES string of the molecule is CCCn1c(CCC(=O)NCc2ccc(N(C)C)cc2)nc2cc(S(N)(=O)=O)ccc21. The molecule has 0 spiro atoms. The van der Waals surface area contributed by atoms with E-state index in [9.17, 15) is 13.2 Å². The van der Waals surface area contributed by atoms with E-state index in [1.807, 2.05) is 47.8 Å². The zero-order chi connectivity index (χ0) is 22.6. The molecular formula is C22H29N5O3S. The van der Waals surface area contributed by atoms with E-state index in [0.717, 1.165) is 35.6 Å². The number of imidazole rings is 1. The van der Waals surface area contributed by atoms with Gasteiger partial charge in [-0.25, -0.2) is 18.5 Å². The third-order valence-corrected chi connectivity index (χ3v) is 6.00. The minimum atomic E-state index is -3.79. The van der Waals surface area contributed by atoms with Crippen molar-refractivity contribution in [1.82, 2.24) is 14.9 Å². The number of nitrogens with one attached hydrogen (secondary N) is 1. The van der Waals surface area contributed by atoms with Gasteiger partial charge in [0.15, 0.2) is 0 Å². The molecule has 0 unspecified atom stereocenters. The molecule has 3 aromatic rings. The second-order valence-corrected chi connectivity index (χ2v) is 9.27. The number of primary sulfonamides is 1. The molecule has 3 N–H and O–H groups in total. The van der Waals surface area contributed by atoms with Gasteiger partial charge in [-0.1, -0.05) is 19.1 Å². The fourth-order valence-corrected chi connectivity index (χ4v) is 3.96. The van der Waals surface area contributed by atoms with Crippen molar-refractivity contribution >= 4 is 32.7 Å². The normalized spacial score (nSPS) is 11.6. The lowest BCUT2D eigenvalue weighted by Crippen LogP contribution is -2.23. The first-order valence-corrected chi connectivity index (χ1v) is 11.8. The number of benzene rings is 2. The Kier molecular flexibility index (Phi) is 6.97. The first-order chi connectivity index (χ1) is 14.7. The largest absolute Gasteiger partial charge is 0.378 e. The van der Waals surface area contributed by atoms with Crippen LogP contribution < -0.4 is 15.4 Å². The molecule has 0 aliphatic heterocycles. The summed E-state index contributed by atoms with van der Waals surface area (Å²) in [5.74, 6) is 0.700. The lowest BCUT2D eigenvalue weighted by Gasteiger charge is -2.13. The van der Waals surface area contributed by atoms with Gasteiger partial charge >= 0.3 is 0 Å². The summed E-state index contributed by atoms with van der Waals surface area (Å²) in [4.78, 5) is 19.0. The minimum Gasteiger partial charge on any atom is -0.378 e. The van der Waals surface area contributed by atoms with E-state index in [0.29, 0.717) is 24.9 Å². The van der Waals surface area contributed by atoms with Crippen LogP contribution in [0.2, 0.25) is 0 Å². The number of nitrogens with zero attached hydrogens (tertiary/aromatic N) is 3. The highest BCUT2D eigenvalue weighted by atomic mass is 32.2. The molecule has 8 nitrogen and oxygen atoms in total. The van der Waals surface area contributed by atoms with Gasteiger partial charge in [-0.05, 0) is 42.3 Å². The fraction of sp³-hybridized carbons (Fsp3) is 0.364. The zero-order valence-electron chi connectivity index (χ0n) is 18.1. The van der Waals surface area contributed by atoms with Crippen molar-refractivity contribution in [1.29, 1.82) is 0 Å². The summed E-state index contributed by atoms with van der Waals surface area (Å²) in [5.41, 5.74) is 3.55. The predicted molar refractivity (Wildman–Crippen MR) is 122 cm³/mol. The van der Waals surface area contributed by atoms with Gasteiger partial charge in [0, 0.05) is 45.7 Å². The number of amides is 1. The number of aromatic nitrogens is 2.